The topological polar surface area (TPSA) is 139 Å². The fourth-order valence-corrected chi connectivity index (χ4v) is 2.73. The number of anilines is 1. The van der Waals surface area contributed by atoms with Gasteiger partial charge in [-0.25, -0.2) is 4.79 Å². The summed E-state index contributed by atoms with van der Waals surface area (Å²) in [5.74, 6) is -1.03. The molecule has 25 heavy (non-hydrogen) atoms. The van der Waals surface area contributed by atoms with Crippen LogP contribution in [0.3, 0.4) is 0 Å². The second-order valence-corrected chi connectivity index (χ2v) is 5.65. The van der Waals surface area contributed by atoms with Crippen molar-refractivity contribution in [3.63, 3.8) is 0 Å². The van der Waals surface area contributed by atoms with E-state index in [0.717, 1.165) is 0 Å². The second-order valence-electron chi connectivity index (χ2n) is 5.65. The predicted octanol–water partition coefficient (Wildman–Crippen LogP) is -0.772. The van der Waals surface area contributed by atoms with Crippen LogP contribution in [0.4, 0.5) is 5.69 Å². The quantitative estimate of drug-likeness (QED) is 0.271. The molecule has 7 N–H and O–H groups in total. The van der Waals surface area contributed by atoms with E-state index in [2.05, 4.69) is 0 Å². The number of aliphatic hydroxyl groups excluding tert-OH is 2. The minimum atomic E-state index is -1.17. The molecular formula is C17H29N2O6+. The van der Waals surface area contributed by atoms with E-state index in [9.17, 15) is 20.1 Å². The van der Waals surface area contributed by atoms with Crippen LogP contribution in [0.15, 0.2) is 18.2 Å². The standard InChI is InChI=1S/C15H22N2O6.C2H6/c1-7-12(17-2)14(20)13(19)11(23-7)6-22-15(21)9-5-8(16)3-4-10(9)18;1-2/h3-5,7,11-14,17-20H,6,16H2,1-2H3;1-2H3/p+1/t7-,11?,12?,13+,14-;/m0./s1. The maximum Gasteiger partial charge on any atom is 0.342 e. The zero-order chi connectivity index (χ0) is 19.1. The fraction of sp³-hybridized carbons (Fsp3) is 0.588. The van der Waals surface area contributed by atoms with Gasteiger partial charge >= 0.3 is 5.97 Å². The molecule has 0 saturated carbocycles. The fourth-order valence-electron chi connectivity index (χ4n) is 2.73. The number of phenolic OH excluding ortho intramolecular Hbond substituents is 1. The van der Waals surface area contributed by atoms with Gasteiger partial charge in [0, 0.05) is 5.69 Å². The van der Waals surface area contributed by atoms with Crippen molar-refractivity contribution in [3.8, 4) is 5.75 Å². The van der Waals surface area contributed by atoms with E-state index in [1.165, 1.54) is 18.2 Å². The van der Waals surface area contributed by atoms with E-state index >= 15 is 0 Å². The van der Waals surface area contributed by atoms with Crippen LogP contribution in [-0.4, -0.2) is 65.4 Å². The number of hydrogen-bond acceptors (Lipinski definition) is 7. The number of carbonyl (C=O) groups is 1. The maximum atomic E-state index is 12.0. The number of aliphatic hydroxyl groups is 2. The normalized spacial score (nSPS) is 28.6. The van der Waals surface area contributed by atoms with Gasteiger partial charge in [0.05, 0.1) is 7.05 Å². The van der Waals surface area contributed by atoms with Crippen LogP contribution >= 0.6 is 0 Å². The molecule has 1 aliphatic rings. The summed E-state index contributed by atoms with van der Waals surface area (Å²) in [6.45, 7) is 5.53. The van der Waals surface area contributed by atoms with Crippen molar-refractivity contribution < 1.29 is 34.9 Å². The van der Waals surface area contributed by atoms with Crippen LogP contribution in [0.5, 0.6) is 5.75 Å². The Labute approximate surface area is 147 Å². The third-order valence-corrected chi connectivity index (χ3v) is 4.06. The van der Waals surface area contributed by atoms with Gasteiger partial charge in [0.1, 0.15) is 48.4 Å². The zero-order valence-electron chi connectivity index (χ0n) is 15.0. The van der Waals surface area contributed by atoms with Gasteiger partial charge in [-0.05, 0) is 25.1 Å². The molecule has 0 aliphatic carbocycles. The molecule has 1 fully saturated rings. The van der Waals surface area contributed by atoms with Gasteiger partial charge in [-0.3, -0.25) is 0 Å². The highest BCUT2D eigenvalue weighted by Gasteiger charge is 2.44. The molecule has 0 amide bonds. The van der Waals surface area contributed by atoms with Crippen molar-refractivity contribution in [3.05, 3.63) is 23.8 Å². The smallest absolute Gasteiger partial charge is 0.342 e. The number of phenols is 1. The highest BCUT2D eigenvalue weighted by molar-refractivity contribution is 5.93. The van der Waals surface area contributed by atoms with Gasteiger partial charge in [0.25, 0.3) is 0 Å². The Hall–Kier alpha value is -1.87. The first-order chi connectivity index (χ1) is 11.8. The van der Waals surface area contributed by atoms with Gasteiger partial charge in [0.2, 0.25) is 0 Å². The lowest BCUT2D eigenvalue weighted by Crippen LogP contribution is -2.93. The highest BCUT2D eigenvalue weighted by Crippen LogP contribution is 2.22. The minimum Gasteiger partial charge on any atom is -0.507 e. The Balaban J connectivity index is 0.00000151. The monoisotopic (exact) mass is 357 g/mol. The lowest BCUT2D eigenvalue weighted by Gasteiger charge is -2.39. The average Bonchev–Trinajstić information content (AvgIpc) is 2.61. The molecular weight excluding hydrogens is 328 g/mol. The molecule has 0 radical (unpaired) electrons. The van der Waals surface area contributed by atoms with Crippen LogP contribution in [0.2, 0.25) is 0 Å². The summed E-state index contributed by atoms with van der Waals surface area (Å²) in [6.07, 6.45) is -3.32. The van der Waals surface area contributed by atoms with Gasteiger partial charge in [-0.15, -0.1) is 0 Å². The molecule has 1 saturated heterocycles. The van der Waals surface area contributed by atoms with E-state index in [0.29, 0.717) is 5.69 Å². The van der Waals surface area contributed by atoms with Gasteiger partial charge in [0.15, 0.2) is 0 Å². The molecule has 0 bridgehead atoms. The molecule has 2 unspecified atom stereocenters. The summed E-state index contributed by atoms with van der Waals surface area (Å²) in [5, 5.41) is 31.6. The van der Waals surface area contributed by atoms with Gasteiger partial charge in [-0.2, -0.15) is 0 Å². The van der Waals surface area contributed by atoms with Gasteiger partial charge in [-0.1, -0.05) is 13.8 Å². The Morgan fingerprint density at radius 3 is 2.56 bits per heavy atom. The van der Waals surface area contributed by atoms with E-state index < -0.39 is 24.3 Å². The van der Waals surface area contributed by atoms with Crippen LogP contribution in [0.1, 0.15) is 31.1 Å². The maximum absolute atomic E-state index is 12.0. The Morgan fingerprint density at radius 2 is 1.96 bits per heavy atom. The van der Waals surface area contributed by atoms with Crippen molar-refractivity contribution in [1.82, 2.24) is 0 Å². The molecule has 2 rings (SSSR count). The Morgan fingerprint density at radius 1 is 1.32 bits per heavy atom. The average molecular weight is 357 g/mol. The molecule has 5 atom stereocenters. The molecule has 0 spiro atoms. The third-order valence-electron chi connectivity index (χ3n) is 4.06. The number of nitrogen functional groups attached to an aromatic ring is 1. The molecule has 142 valence electrons. The van der Waals surface area contributed by atoms with E-state index in [4.69, 9.17) is 15.2 Å². The predicted molar refractivity (Wildman–Crippen MR) is 92.1 cm³/mol. The number of hydrogen-bond donors (Lipinski definition) is 5. The first-order valence-electron chi connectivity index (χ1n) is 8.41. The largest absolute Gasteiger partial charge is 0.507 e. The molecule has 0 aromatic heterocycles. The van der Waals surface area contributed by atoms with E-state index in [1.54, 1.807) is 19.3 Å². The molecule has 1 aliphatic heterocycles. The summed E-state index contributed by atoms with van der Waals surface area (Å²) in [5.41, 5.74) is 5.82. The van der Waals surface area contributed by atoms with E-state index in [-0.39, 0.29) is 30.1 Å². The number of rotatable bonds is 4. The molecule has 1 heterocycles. The van der Waals surface area contributed by atoms with Gasteiger partial charge < -0.3 is 35.8 Å². The summed E-state index contributed by atoms with van der Waals surface area (Å²) in [7, 11) is 1.78. The van der Waals surface area contributed by atoms with Crippen molar-refractivity contribution in [2.75, 3.05) is 19.4 Å². The van der Waals surface area contributed by atoms with E-state index in [1.807, 2.05) is 13.8 Å². The number of likely N-dealkylation sites (N-methyl/N-ethyl adjacent to an activating group) is 1. The zero-order valence-corrected chi connectivity index (χ0v) is 15.0. The van der Waals surface area contributed by atoms with Crippen molar-refractivity contribution >= 4 is 11.7 Å². The number of esters is 1. The minimum absolute atomic E-state index is 0.0661. The Kier molecular flexibility index (Phi) is 8.11. The third kappa shape index (κ3) is 5.05. The molecule has 1 aromatic rings. The number of nitrogens with two attached hydrogens (primary N) is 2. The highest BCUT2D eigenvalue weighted by atomic mass is 16.6. The summed E-state index contributed by atoms with van der Waals surface area (Å²) < 4.78 is 10.7. The molecule has 1 aromatic carbocycles. The first-order valence-corrected chi connectivity index (χ1v) is 8.41. The van der Waals surface area contributed by atoms with Crippen LogP contribution < -0.4 is 11.1 Å². The Bertz CT molecular complexity index is 568. The summed E-state index contributed by atoms with van der Waals surface area (Å²) in [4.78, 5) is 12.0. The SMILES string of the molecule is CC.C[NH2+]C1[C@H](C)OC(COC(=O)c2cc(N)ccc2O)[C@@H](O)[C@H]1O. The number of carbonyl (C=O) groups excluding carboxylic acids is 1. The number of quaternary nitrogens is 1. The summed E-state index contributed by atoms with van der Waals surface area (Å²) >= 11 is 0. The van der Waals surface area contributed by atoms with Crippen molar-refractivity contribution in [2.24, 2.45) is 0 Å². The lowest BCUT2D eigenvalue weighted by molar-refractivity contribution is -0.685. The lowest BCUT2D eigenvalue weighted by atomic mass is 9.94. The first kappa shape index (κ1) is 21.2. The molecule has 8 heteroatoms. The van der Waals surface area contributed by atoms with Crippen LogP contribution in [0, 0.1) is 0 Å². The number of benzene rings is 1. The number of aromatic hydroxyl groups is 1. The van der Waals surface area contributed by atoms with Crippen LogP contribution in [-0.2, 0) is 9.47 Å². The van der Waals surface area contributed by atoms with Crippen molar-refractivity contribution in [1.29, 1.82) is 0 Å². The van der Waals surface area contributed by atoms with Crippen molar-refractivity contribution in [2.45, 2.75) is 51.2 Å². The number of ether oxygens (including phenoxy) is 2. The summed E-state index contributed by atoms with van der Waals surface area (Å²) in [6, 6.07) is 3.76. The second kappa shape index (κ2) is 9.57. The molecule has 8 nitrogen and oxygen atoms in total. The van der Waals surface area contributed by atoms with Crippen LogP contribution in [0.25, 0.3) is 0 Å².